The van der Waals surface area contributed by atoms with E-state index in [0.29, 0.717) is 28.2 Å². The number of fused-ring (bicyclic) bond motifs is 3. The molecule has 0 saturated carbocycles. The third kappa shape index (κ3) is 4.26. The van der Waals surface area contributed by atoms with Crippen LogP contribution in [0, 0.1) is 0 Å². The molecule has 0 fully saturated rings. The average Bonchev–Trinajstić information content (AvgIpc) is 2.87. The van der Waals surface area contributed by atoms with Crippen LogP contribution in [0.5, 0.6) is 34.5 Å². The first-order valence-electron chi connectivity index (χ1n) is 12.0. The van der Waals surface area contributed by atoms with E-state index >= 15 is 0 Å². The van der Waals surface area contributed by atoms with Crippen LogP contribution in [0.15, 0.2) is 57.7 Å². The summed E-state index contributed by atoms with van der Waals surface area (Å²) in [4.78, 5) is 25.9. The lowest BCUT2D eigenvalue weighted by Crippen LogP contribution is -2.23. The van der Waals surface area contributed by atoms with Crippen LogP contribution >= 0.6 is 0 Å². The fraction of sp³-hybridized carbons (Fsp3) is 0.241. The molecule has 5 rings (SSSR count). The van der Waals surface area contributed by atoms with Crippen molar-refractivity contribution in [3.8, 4) is 45.8 Å². The molecule has 0 amide bonds. The number of hydrogen-bond donors (Lipinski definition) is 2. The van der Waals surface area contributed by atoms with Gasteiger partial charge in [0.1, 0.15) is 28.2 Å². The summed E-state index contributed by atoms with van der Waals surface area (Å²) in [5.41, 5.74) is 1.02. The monoisotopic (exact) mass is 518 g/mol. The maximum atomic E-state index is 13.2. The van der Waals surface area contributed by atoms with Gasteiger partial charge in [0.25, 0.3) is 0 Å². The van der Waals surface area contributed by atoms with Gasteiger partial charge in [0.05, 0.1) is 26.7 Å². The highest BCUT2D eigenvalue weighted by Gasteiger charge is 2.36. The minimum absolute atomic E-state index is 0.0533. The van der Waals surface area contributed by atoms with Crippen molar-refractivity contribution in [2.75, 3.05) is 14.2 Å². The molecule has 0 spiro atoms. The molecule has 0 saturated heterocycles. The zero-order valence-corrected chi connectivity index (χ0v) is 21.2. The SMILES string of the molecule is COc1ccc(-c2cc(=O)c3c(O)cc4c(c3o2)[C@H](c2cccc(OC)c2OC(C)C)CC(=O)O4)cc1O. The number of methoxy groups -OCH3 is 2. The molecular formula is C29H26O9. The van der Waals surface area contributed by atoms with Gasteiger partial charge in [0, 0.05) is 34.7 Å². The molecule has 0 unspecified atom stereocenters. The minimum Gasteiger partial charge on any atom is -0.507 e. The largest absolute Gasteiger partial charge is 0.507 e. The van der Waals surface area contributed by atoms with Crippen LogP contribution in [0.1, 0.15) is 37.3 Å². The van der Waals surface area contributed by atoms with Gasteiger partial charge in [0.2, 0.25) is 0 Å². The van der Waals surface area contributed by atoms with Gasteiger partial charge in [-0.15, -0.1) is 0 Å². The lowest BCUT2D eigenvalue weighted by atomic mass is 9.84. The highest BCUT2D eigenvalue weighted by atomic mass is 16.5. The lowest BCUT2D eigenvalue weighted by molar-refractivity contribution is -0.135. The number of rotatable bonds is 6. The summed E-state index contributed by atoms with van der Waals surface area (Å²) in [6, 6.07) is 12.4. The van der Waals surface area contributed by atoms with Crippen molar-refractivity contribution in [2.24, 2.45) is 0 Å². The highest BCUT2D eigenvalue weighted by molar-refractivity contribution is 5.93. The molecule has 2 N–H and O–H groups in total. The van der Waals surface area contributed by atoms with Gasteiger partial charge in [-0.2, -0.15) is 0 Å². The quantitative estimate of drug-likeness (QED) is 0.264. The number of phenolic OH excluding ortho intramolecular Hbond substituents is 2. The molecule has 9 heteroatoms. The van der Waals surface area contributed by atoms with Gasteiger partial charge in [-0.25, -0.2) is 0 Å². The lowest BCUT2D eigenvalue weighted by Gasteiger charge is -2.28. The zero-order valence-electron chi connectivity index (χ0n) is 21.2. The second-order valence-electron chi connectivity index (χ2n) is 9.15. The molecule has 9 nitrogen and oxygen atoms in total. The molecule has 0 bridgehead atoms. The van der Waals surface area contributed by atoms with Crippen LogP contribution in [-0.4, -0.2) is 36.5 Å². The molecule has 1 aromatic heterocycles. The number of ether oxygens (including phenoxy) is 4. The van der Waals surface area contributed by atoms with Crippen molar-refractivity contribution in [1.29, 1.82) is 0 Å². The van der Waals surface area contributed by atoms with E-state index in [1.165, 1.54) is 32.4 Å². The molecule has 0 radical (unpaired) electrons. The van der Waals surface area contributed by atoms with Crippen LogP contribution in [0.3, 0.4) is 0 Å². The Bertz CT molecular complexity index is 1620. The Balaban J connectivity index is 1.80. The second kappa shape index (κ2) is 9.66. The molecule has 196 valence electrons. The molecule has 3 aromatic carbocycles. The predicted octanol–water partition coefficient (Wildman–Crippen LogP) is 5.12. The number of carbonyl (C=O) groups excluding carboxylic acids is 1. The average molecular weight is 519 g/mol. The van der Waals surface area contributed by atoms with Gasteiger partial charge in [-0.3, -0.25) is 9.59 Å². The van der Waals surface area contributed by atoms with Gasteiger partial charge < -0.3 is 33.6 Å². The van der Waals surface area contributed by atoms with Crippen molar-refractivity contribution in [3.05, 3.63) is 69.9 Å². The molecule has 38 heavy (non-hydrogen) atoms. The Morgan fingerprint density at radius 1 is 0.947 bits per heavy atom. The zero-order chi connectivity index (χ0) is 27.1. The van der Waals surface area contributed by atoms with Crippen molar-refractivity contribution in [3.63, 3.8) is 0 Å². The standard InChI is InChI=1S/C29H26O9/c1-14(2)36-28-16(6-5-7-22(28)35-4)17-11-25(33)37-24-13-20(32)27-19(31)12-23(38-29(27)26(17)24)15-8-9-21(34-3)18(30)10-15/h5-10,12-14,17,30,32H,11H2,1-4H3/t17-/m0/s1. The number of phenols is 2. The Hall–Kier alpha value is -4.66. The van der Waals surface area contributed by atoms with Crippen molar-refractivity contribution < 1.29 is 38.4 Å². The molecular weight excluding hydrogens is 492 g/mol. The Kier molecular flexibility index (Phi) is 6.36. The van der Waals surface area contributed by atoms with Gasteiger partial charge in [0.15, 0.2) is 28.4 Å². The fourth-order valence-electron chi connectivity index (χ4n) is 4.74. The van der Waals surface area contributed by atoms with E-state index in [1.54, 1.807) is 24.3 Å². The minimum atomic E-state index is -0.638. The van der Waals surface area contributed by atoms with Crippen LogP contribution in [0.25, 0.3) is 22.3 Å². The van der Waals surface area contributed by atoms with Crippen LogP contribution < -0.4 is 24.4 Å². The van der Waals surface area contributed by atoms with Gasteiger partial charge >= 0.3 is 5.97 Å². The number of carbonyl (C=O) groups is 1. The normalized spacial score (nSPS) is 14.8. The summed E-state index contributed by atoms with van der Waals surface area (Å²) in [5.74, 6) is -0.251. The summed E-state index contributed by atoms with van der Waals surface area (Å²) < 4.78 is 28.5. The van der Waals surface area contributed by atoms with E-state index in [4.69, 9.17) is 23.4 Å². The number of aromatic hydroxyl groups is 2. The molecule has 0 aliphatic carbocycles. The number of esters is 1. The number of para-hydroxylation sites is 1. The molecule has 1 aliphatic heterocycles. The fourth-order valence-corrected chi connectivity index (χ4v) is 4.74. The highest BCUT2D eigenvalue weighted by Crippen LogP contribution is 2.49. The summed E-state index contributed by atoms with van der Waals surface area (Å²) >= 11 is 0. The van der Waals surface area contributed by atoms with E-state index in [2.05, 4.69) is 0 Å². The molecule has 1 atom stereocenters. The van der Waals surface area contributed by atoms with Crippen LogP contribution in [0.2, 0.25) is 0 Å². The molecule has 2 heterocycles. The van der Waals surface area contributed by atoms with Crippen LogP contribution in [-0.2, 0) is 4.79 Å². The van der Waals surface area contributed by atoms with Crippen molar-refractivity contribution in [1.82, 2.24) is 0 Å². The topological polar surface area (TPSA) is 125 Å². The van der Waals surface area contributed by atoms with Crippen molar-refractivity contribution >= 4 is 16.9 Å². The second-order valence-corrected chi connectivity index (χ2v) is 9.15. The predicted molar refractivity (Wildman–Crippen MR) is 139 cm³/mol. The van der Waals surface area contributed by atoms with E-state index in [-0.39, 0.29) is 52.3 Å². The Morgan fingerprint density at radius 3 is 2.39 bits per heavy atom. The number of hydrogen-bond acceptors (Lipinski definition) is 9. The van der Waals surface area contributed by atoms with E-state index in [9.17, 15) is 19.8 Å². The summed E-state index contributed by atoms with van der Waals surface area (Å²) in [6.45, 7) is 3.75. The van der Waals surface area contributed by atoms with Crippen molar-refractivity contribution in [2.45, 2.75) is 32.3 Å². The number of benzene rings is 3. The summed E-state index contributed by atoms with van der Waals surface area (Å²) in [7, 11) is 2.95. The van der Waals surface area contributed by atoms with Crippen LogP contribution in [0.4, 0.5) is 0 Å². The maximum absolute atomic E-state index is 13.2. The maximum Gasteiger partial charge on any atom is 0.312 e. The third-order valence-electron chi connectivity index (χ3n) is 6.35. The first-order valence-corrected chi connectivity index (χ1v) is 12.0. The first-order chi connectivity index (χ1) is 18.2. The summed E-state index contributed by atoms with van der Waals surface area (Å²) in [5, 5.41) is 20.9. The smallest absolute Gasteiger partial charge is 0.312 e. The molecule has 4 aromatic rings. The van der Waals surface area contributed by atoms with Gasteiger partial charge in [-0.1, -0.05) is 12.1 Å². The van der Waals surface area contributed by atoms with E-state index in [0.717, 1.165) is 0 Å². The van der Waals surface area contributed by atoms with E-state index in [1.807, 2.05) is 19.9 Å². The Labute approximate surface area is 217 Å². The first kappa shape index (κ1) is 25.0. The third-order valence-corrected chi connectivity index (χ3v) is 6.35. The molecule has 1 aliphatic rings. The summed E-state index contributed by atoms with van der Waals surface area (Å²) in [6.07, 6.45) is -0.255. The van der Waals surface area contributed by atoms with E-state index < -0.39 is 17.3 Å². The van der Waals surface area contributed by atoms with Gasteiger partial charge in [-0.05, 0) is 38.1 Å². The Morgan fingerprint density at radius 2 is 1.71 bits per heavy atom.